The molecule has 2 aromatic rings. The Morgan fingerprint density at radius 1 is 1.18 bits per heavy atom. The van der Waals surface area contributed by atoms with Crippen molar-refractivity contribution in [2.75, 3.05) is 19.6 Å². The van der Waals surface area contributed by atoms with E-state index in [1.165, 1.54) is 12.5 Å². The van der Waals surface area contributed by atoms with Crippen molar-refractivity contribution in [3.8, 4) is 17.2 Å². The average Bonchev–Trinajstić information content (AvgIpc) is 3.35. The number of phenolic OH excluding ortho intramolecular Hbond substituents is 1. The van der Waals surface area contributed by atoms with Crippen LogP contribution in [-0.2, 0) is 27.8 Å². The lowest BCUT2D eigenvalue weighted by molar-refractivity contribution is -0.142. The smallest absolute Gasteiger partial charge is 0.308 e. The van der Waals surface area contributed by atoms with Gasteiger partial charge < -0.3 is 19.5 Å². The number of benzene rings is 2. The van der Waals surface area contributed by atoms with Gasteiger partial charge in [-0.25, -0.2) is 0 Å². The highest BCUT2D eigenvalue weighted by molar-refractivity contribution is 5.77. The van der Waals surface area contributed by atoms with Gasteiger partial charge in [-0.1, -0.05) is 56.2 Å². The van der Waals surface area contributed by atoms with Gasteiger partial charge in [0.1, 0.15) is 11.9 Å². The third-order valence-corrected chi connectivity index (χ3v) is 10.8. The SMILES string of the molecule is C=CCN1CC[C@]23c4c5c(O)cc(OC(C)=O)c4O[C@H]2[C@H](N(CCCC)C(=O)CCCCCc2ccccc2)CC[C@H]3[C@H]1C5. The molecule has 0 unspecified atom stereocenters. The molecule has 0 radical (unpaired) electrons. The lowest BCUT2D eigenvalue weighted by Gasteiger charge is -2.60. The molecular formula is C37H48N2O5. The Morgan fingerprint density at radius 3 is 2.75 bits per heavy atom. The molecule has 2 heterocycles. The lowest BCUT2D eigenvalue weighted by atomic mass is 9.50. The highest BCUT2D eigenvalue weighted by Gasteiger charge is 2.67. The molecule has 1 amide bonds. The van der Waals surface area contributed by atoms with E-state index in [9.17, 15) is 14.7 Å². The summed E-state index contributed by atoms with van der Waals surface area (Å²) in [6.07, 6.45) is 11.8. The van der Waals surface area contributed by atoms with E-state index >= 15 is 0 Å². The van der Waals surface area contributed by atoms with Crippen molar-refractivity contribution in [2.24, 2.45) is 5.92 Å². The van der Waals surface area contributed by atoms with Crippen LogP contribution < -0.4 is 9.47 Å². The second kappa shape index (κ2) is 13.0. The number of esters is 1. The first kappa shape index (κ1) is 30.7. The highest BCUT2D eigenvalue weighted by atomic mass is 16.6. The Hall–Kier alpha value is -3.32. The van der Waals surface area contributed by atoms with Gasteiger partial charge in [-0.15, -0.1) is 6.58 Å². The van der Waals surface area contributed by atoms with Crippen LogP contribution in [0, 0.1) is 5.92 Å². The fourth-order valence-corrected chi connectivity index (χ4v) is 8.97. The summed E-state index contributed by atoms with van der Waals surface area (Å²) in [4.78, 5) is 30.8. The van der Waals surface area contributed by atoms with Crippen LogP contribution in [0.15, 0.2) is 49.1 Å². The normalized spacial score (nSPS) is 26.4. The topological polar surface area (TPSA) is 79.3 Å². The second-order valence-corrected chi connectivity index (χ2v) is 13.3. The van der Waals surface area contributed by atoms with Crippen LogP contribution in [-0.4, -0.2) is 64.6 Å². The maximum Gasteiger partial charge on any atom is 0.308 e. The Bertz CT molecular complexity index is 1380. The minimum Gasteiger partial charge on any atom is -0.508 e. The molecule has 2 aliphatic carbocycles. The van der Waals surface area contributed by atoms with Crippen molar-refractivity contribution in [1.29, 1.82) is 0 Å². The maximum absolute atomic E-state index is 14.0. The van der Waals surface area contributed by atoms with Gasteiger partial charge in [-0.05, 0) is 69.4 Å². The third-order valence-electron chi connectivity index (χ3n) is 10.8. The molecule has 1 saturated carbocycles. The molecule has 7 nitrogen and oxygen atoms in total. The quantitative estimate of drug-likeness (QED) is 0.125. The monoisotopic (exact) mass is 600 g/mol. The van der Waals surface area contributed by atoms with E-state index in [-0.39, 0.29) is 35.3 Å². The zero-order chi connectivity index (χ0) is 30.8. The molecule has 1 spiro atoms. The molecule has 2 aromatic carbocycles. The van der Waals surface area contributed by atoms with Gasteiger partial charge in [0.15, 0.2) is 11.5 Å². The molecule has 44 heavy (non-hydrogen) atoms. The predicted molar refractivity (Wildman–Crippen MR) is 171 cm³/mol. The van der Waals surface area contributed by atoms with Gasteiger partial charge >= 0.3 is 5.97 Å². The van der Waals surface area contributed by atoms with E-state index < -0.39 is 5.97 Å². The van der Waals surface area contributed by atoms with Gasteiger partial charge in [0.2, 0.25) is 5.91 Å². The minimum atomic E-state index is -0.439. The maximum atomic E-state index is 14.0. The van der Waals surface area contributed by atoms with E-state index in [0.717, 1.165) is 95.0 Å². The van der Waals surface area contributed by atoms with Gasteiger partial charge in [0.05, 0.1) is 6.04 Å². The molecule has 236 valence electrons. The average molecular weight is 601 g/mol. The molecule has 2 bridgehead atoms. The Kier molecular flexibility index (Phi) is 9.04. The van der Waals surface area contributed by atoms with Crippen LogP contribution >= 0.6 is 0 Å². The summed E-state index contributed by atoms with van der Waals surface area (Å²) < 4.78 is 12.6. The van der Waals surface area contributed by atoms with Crippen LogP contribution in [0.3, 0.4) is 0 Å². The zero-order valence-electron chi connectivity index (χ0n) is 26.4. The highest BCUT2D eigenvalue weighted by Crippen LogP contribution is 2.65. The van der Waals surface area contributed by atoms with Gasteiger partial charge in [-0.2, -0.15) is 0 Å². The van der Waals surface area contributed by atoms with Crippen LogP contribution in [0.1, 0.15) is 88.3 Å². The molecular weight excluding hydrogens is 552 g/mol. The molecule has 6 rings (SSSR count). The number of unbranched alkanes of at least 4 members (excludes halogenated alkanes) is 3. The summed E-state index contributed by atoms with van der Waals surface area (Å²) in [6, 6.07) is 12.3. The molecule has 7 heteroatoms. The zero-order valence-corrected chi connectivity index (χ0v) is 26.4. The van der Waals surface area contributed by atoms with Gasteiger partial charge in [-0.3, -0.25) is 14.5 Å². The fraction of sp³-hybridized carbons (Fsp3) is 0.568. The number of likely N-dealkylation sites (tertiary alicyclic amines) is 1. The number of rotatable bonds is 13. The van der Waals surface area contributed by atoms with Crippen LogP contribution in [0.25, 0.3) is 0 Å². The van der Waals surface area contributed by atoms with Gasteiger partial charge in [0.25, 0.3) is 0 Å². The molecule has 4 aliphatic rings. The van der Waals surface area contributed by atoms with Crippen molar-refractivity contribution < 1.29 is 24.2 Å². The number of hydrogen-bond donors (Lipinski definition) is 1. The Balaban J connectivity index is 1.28. The first-order valence-electron chi connectivity index (χ1n) is 16.8. The molecule has 0 aromatic heterocycles. The van der Waals surface area contributed by atoms with Crippen molar-refractivity contribution >= 4 is 11.9 Å². The lowest BCUT2D eigenvalue weighted by Crippen LogP contribution is -2.69. The van der Waals surface area contributed by atoms with E-state index in [1.807, 2.05) is 12.1 Å². The third kappa shape index (κ3) is 5.42. The summed E-state index contributed by atoms with van der Waals surface area (Å²) in [5.74, 6) is 1.19. The number of phenols is 1. The standard InChI is InChI=1S/C37H48N2O5/c1-4-6-21-39(33(42)16-12-8-11-15-26-13-9-7-10-14-26)29-18-17-28-30-23-27-31(41)24-32(43-25(3)40)35-34(27)37(28,36(29)44-35)19-22-38(30)20-5-2/h5,7,9-10,13-14,24,28-30,36,41H,2,4,6,8,11-12,15-23H2,1,3H3/t28-,29+,30+,36-,37-/m0/s1. The second-order valence-electron chi connectivity index (χ2n) is 13.3. The molecule has 5 atom stereocenters. The Labute approximate surface area is 262 Å². The first-order valence-corrected chi connectivity index (χ1v) is 16.8. The number of hydrogen-bond acceptors (Lipinski definition) is 6. The van der Waals surface area contributed by atoms with Crippen LogP contribution in [0.5, 0.6) is 17.2 Å². The number of aromatic hydroxyl groups is 1. The summed E-state index contributed by atoms with van der Waals surface area (Å²) in [5, 5.41) is 11.3. The molecule has 1 N–H and O–H groups in total. The molecule has 2 aliphatic heterocycles. The number of amides is 1. The van der Waals surface area contributed by atoms with Crippen molar-refractivity contribution in [3.05, 3.63) is 65.7 Å². The predicted octanol–water partition coefficient (Wildman–Crippen LogP) is 6.34. The van der Waals surface area contributed by atoms with Gasteiger partial charge in [0, 0.05) is 55.1 Å². The number of nitrogens with zero attached hydrogens (tertiary/aromatic N) is 2. The molecule has 1 saturated heterocycles. The summed E-state index contributed by atoms with van der Waals surface area (Å²) in [5.41, 5.74) is 2.97. The van der Waals surface area contributed by atoms with E-state index in [0.29, 0.717) is 23.8 Å². The summed E-state index contributed by atoms with van der Waals surface area (Å²) >= 11 is 0. The first-order chi connectivity index (χ1) is 21.4. The van der Waals surface area contributed by atoms with Crippen LogP contribution in [0.4, 0.5) is 0 Å². The summed E-state index contributed by atoms with van der Waals surface area (Å²) in [6.45, 7) is 10.0. The van der Waals surface area contributed by atoms with Crippen molar-refractivity contribution in [1.82, 2.24) is 9.80 Å². The van der Waals surface area contributed by atoms with Crippen molar-refractivity contribution in [2.45, 2.75) is 108 Å². The summed E-state index contributed by atoms with van der Waals surface area (Å²) in [7, 11) is 0. The van der Waals surface area contributed by atoms with Crippen LogP contribution in [0.2, 0.25) is 0 Å². The van der Waals surface area contributed by atoms with E-state index in [2.05, 4.69) is 47.6 Å². The van der Waals surface area contributed by atoms with Crippen molar-refractivity contribution in [3.63, 3.8) is 0 Å². The number of carbonyl (C=O) groups excluding carboxylic acids is 2. The molecule has 2 fully saturated rings. The van der Waals surface area contributed by atoms with E-state index in [1.54, 1.807) is 6.07 Å². The number of piperidine rings is 1. The number of aryl methyl sites for hydroxylation is 1. The van der Waals surface area contributed by atoms with E-state index in [4.69, 9.17) is 9.47 Å². The number of carbonyl (C=O) groups is 2. The Morgan fingerprint density at radius 2 is 2.00 bits per heavy atom. The largest absolute Gasteiger partial charge is 0.508 e. The fourth-order valence-electron chi connectivity index (χ4n) is 8.97. The number of ether oxygens (including phenoxy) is 2. The minimum absolute atomic E-state index is 0.0631.